The molecule has 0 amide bonds. The average molecular weight is 483 g/mol. The molecular weight excluding hydrogens is 467 g/mol. The second-order valence-corrected chi connectivity index (χ2v) is 7.24. The number of morpholine rings is 1. The van der Waals surface area contributed by atoms with Crippen LogP contribution in [0.4, 0.5) is 17.2 Å². The molecule has 1 saturated heterocycles. The van der Waals surface area contributed by atoms with Gasteiger partial charge in [0.2, 0.25) is 5.22 Å². The first-order valence-corrected chi connectivity index (χ1v) is 9.63. The van der Waals surface area contributed by atoms with E-state index < -0.39 is 0 Å². The molecule has 0 atom stereocenters. The number of benzene rings is 1. The van der Waals surface area contributed by atoms with E-state index in [1.54, 1.807) is 6.20 Å². The van der Waals surface area contributed by atoms with Crippen LogP contribution in [0, 0.1) is 3.57 Å². The van der Waals surface area contributed by atoms with Crippen molar-refractivity contribution in [3.8, 4) is 11.3 Å². The molecule has 1 aliphatic rings. The van der Waals surface area contributed by atoms with Crippen molar-refractivity contribution < 1.29 is 9.26 Å². The van der Waals surface area contributed by atoms with Crippen LogP contribution in [-0.2, 0) is 4.74 Å². The first-order valence-electron chi connectivity index (χ1n) is 8.17. The lowest BCUT2D eigenvalue weighted by atomic mass is 10.2. The number of ether oxygens (including phenoxy) is 1. The maximum Gasteiger partial charge on any atom is 0.240 e. The highest BCUT2D eigenvalue weighted by atomic mass is 127. The van der Waals surface area contributed by atoms with Crippen molar-refractivity contribution in [3.63, 3.8) is 0 Å². The summed E-state index contributed by atoms with van der Waals surface area (Å²) in [5.74, 6) is 0.733. The van der Waals surface area contributed by atoms with Gasteiger partial charge in [-0.15, -0.1) is 0 Å². The average Bonchev–Trinajstić information content (AvgIpc) is 3.02. The number of hydrogen-bond acceptors (Lipinski definition) is 6. The highest BCUT2D eigenvalue weighted by Crippen LogP contribution is 2.31. The van der Waals surface area contributed by atoms with Gasteiger partial charge in [-0.1, -0.05) is 5.16 Å². The van der Waals surface area contributed by atoms with Crippen LogP contribution in [0.5, 0.6) is 0 Å². The molecule has 3 aromatic rings. The largest absolute Gasteiger partial charge is 0.378 e. The fraction of sp³-hybridized carbons (Fsp3) is 0.222. The number of pyridine rings is 1. The molecule has 26 heavy (non-hydrogen) atoms. The van der Waals surface area contributed by atoms with Crippen LogP contribution in [-0.4, -0.2) is 36.4 Å². The summed E-state index contributed by atoms with van der Waals surface area (Å²) in [4.78, 5) is 6.70. The van der Waals surface area contributed by atoms with E-state index in [2.05, 4.69) is 67.2 Å². The predicted molar refractivity (Wildman–Crippen MR) is 110 cm³/mol. The molecule has 2 aromatic heterocycles. The van der Waals surface area contributed by atoms with Gasteiger partial charge in [0.25, 0.3) is 0 Å². The molecule has 1 aromatic carbocycles. The lowest BCUT2D eigenvalue weighted by molar-refractivity contribution is 0.122. The molecule has 0 aliphatic carbocycles. The van der Waals surface area contributed by atoms with Crippen LogP contribution < -0.4 is 10.2 Å². The van der Waals surface area contributed by atoms with Crippen LogP contribution in [0.2, 0.25) is 5.22 Å². The van der Waals surface area contributed by atoms with Crippen LogP contribution >= 0.6 is 34.2 Å². The van der Waals surface area contributed by atoms with E-state index in [1.165, 1.54) is 5.69 Å². The van der Waals surface area contributed by atoms with E-state index in [0.717, 1.165) is 46.9 Å². The molecule has 0 spiro atoms. The van der Waals surface area contributed by atoms with Gasteiger partial charge < -0.3 is 19.5 Å². The molecule has 0 radical (unpaired) electrons. The number of rotatable bonds is 4. The van der Waals surface area contributed by atoms with Crippen molar-refractivity contribution in [1.82, 2.24) is 10.1 Å². The Balaban J connectivity index is 1.50. The summed E-state index contributed by atoms with van der Waals surface area (Å²) in [6.45, 7) is 3.41. The van der Waals surface area contributed by atoms with Gasteiger partial charge in [0.1, 0.15) is 15.1 Å². The molecule has 6 nitrogen and oxygen atoms in total. The highest BCUT2D eigenvalue weighted by molar-refractivity contribution is 14.1. The predicted octanol–water partition coefficient (Wildman–Crippen LogP) is 4.57. The smallest absolute Gasteiger partial charge is 0.240 e. The van der Waals surface area contributed by atoms with Gasteiger partial charge in [0.15, 0.2) is 0 Å². The molecule has 0 bridgehead atoms. The molecule has 0 unspecified atom stereocenters. The second-order valence-electron chi connectivity index (χ2n) is 5.82. The van der Waals surface area contributed by atoms with E-state index in [-0.39, 0.29) is 0 Å². The third kappa shape index (κ3) is 3.79. The lowest BCUT2D eigenvalue weighted by Gasteiger charge is -2.28. The van der Waals surface area contributed by atoms with Gasteiger partial charge in [-0.3, -0.25) is 0 Å². The molecule has 1 N–H and O–H groups in total. The second kappa shape index (κ2) is 7.81. The first kappa shape index (κ1) is 17.6. The van der Waals surface area contributed by atoms with Gasteiger partial charge in [-0.05, 0) is 70.6 Å². The number of nitrogens with one attached hydrogen (secondary N) is 1. The zero-order valence-corrected chi connectivity index (χ0v) is 16.7. The van der Waals surface area contributed by atoms with Gasteiger partial charge >= 0.3 is 0 Å². The Hall–Kier alpha value is -1.84. The summed E-state index contributed by atoms with van der Waals surface area (Å²) >= 11 is 8.07. The number of halogens is 2. The minimum absolute atomic E-state index is 0.297. The summed E-state index contributed by atoms with van der Waals surface area (Å²) < 4.78 is 11.2. The molecule has 3 heterocycles. The topological polar surface area (TPSA) is 63.4 Å². The van der Waals surface area contributed by atoms with E-state index in [9.17, 15) is 0 Å². The Labute approximate surface area is 169 Å². The van der Waals surface area contributed by atoms with E-state index in [4.69, 9.17) is 20.9 Å². The maximum absolute atomic E-state index is 5.95. The normalized spacial score (nSPS) is 14.5. The van der Waals surface area contributed by atoms with Gasteiger partial charge in [-0.2, -0.15) is 0 Å². The minimum atomic E-state index is 0.297. The van der Waals surface area contributed by atoms with Gasteiger partial charge in [-0.25, -0.2) is 4.98 Å². The molecule has 4 rings (SSSR count). The summed E-state index contributed by atoms with van der Waals surface area (Å²) in [6.07, 6.45) is 1.73. The third-order valence-corrected chi connectivity index (χ3v) is 5.72. The SMILES string of the molecule is Clc1onc(-c2ccnc(Nc3ccc(N4CCOCC4)cc3)c2)c1I. The van der Waals surface area contributed by atoms with E-state index in [0.29, 0.717) is 10.9 Å². The quantitative estimate of drug-likeness (QED) is 0.550. The number of nitrogens with zero attached hydrogens (tertiary/aromatic N) is 3. The molecule has 1 aliphatic heterocycles. The number of aromatic nitrogens is 2. The molecule has 134 valence electrons. The van der Waals surface area contributed by atoms with Crippen LogP contribution in [0.3, 0.4) is 0 Å². The standard InChI is InChI=1S/C18H16ClIN4O2/c19-18-16(20)17(23-26-18)12-5-6-21-15(11-12)22-13-1-3-14(4-2-13)24-7-9-25-10-8-24/h1-6,11H,7-10H2,(H,21,22). The fourth-order valence-corrected chi connectivity index (χ4v) is 3.44. The van der Waals surface area contributed by atoms with Gasteiger partial charge in [0, 0.05) is 36.2 Å². The maximum atomic E-state index is 5.95. The minimum Gasteiger partial charge on any atom is -0.378 e. The molecule has 0 saturated carbocycles. The van der Waals surface area contributed by atoms with E-state index >= 15 is 0 Å². The van der Waals surface area contributed by atoms with Crippen molar-refractivity contribution in [2.24, 2.45) is 0 Å². The summed E-state index contributed by atoms with van der Waals surface area (Å²) in [5.41, 5.74) is 3.78. The van der Waals surface area contributed by atoms with Crippen LogP contribution in [0.1, 0.15) is 0 Å². The Morgan fingerprint density at radius 3 is 2.58 bits per heavy atom. The van der Waals surface area contributed by atoms with Crippen molar-refractivity contribution in [1.29, 1.82) is 0 Å². The van der Waals surface area contributed by atoms with Crippen molar-refractivity contribution in [2.45, 2.75) is 0 Å². The Bertz CT molecular complexity index is 894. The molecule has 1 fully saturated rings. The van der Waals surface area contributed by atoms with Crippen molar-refractivity contribution in [3.05, 3.63) is 51.4 Å². The summed E-state index contributed by atoms with van der Waals surface area (Å²) in [5, 5.41) is 7.63. The zero-order chi connectivity index (χ0) is 17.9. The Kier molecular flexibility index (Phi) is 5.28. The number of anilines is 3. The monoisotopic (exact) mass is 482 g/mol. The molecular formula is C18H16ClIN4O2. The van der Waals surface area contributed by atoms with Gasteiger partial charge in [0.05, 0.1) is 13.2 Å². The highest BCUT2D eigenvalue weighted by Gasteiger charge is 2.14. The lowest BCUT2D eigenvalue weighted by Crippen LogP contribution is -2.36. The van der Waals surface area contributed by atoms with Crippen molar-refractivity contribution >= 4 is 51.4 Å². The Morgan fingerprint density at radius 1 is 1.12 bits per heavy atom. The number of hydrogen-bond donors (Lipinski definition) is 1. The zero-order valence-electron chi connectivity index (χ0n) is 13.8. The van der Waals surface area contributed by atoms with Crippen LogP contribution in [0.25, 0.3) is 11.3 Å². The molecule has 8 heteroatoms. The third-order valence-electron chi connectivity index (χ3n) is 4.15. The van der Waals surface area contributed by atoms with Crippen molar-refractivity contribution in [2.75, 3.05) is 36.5 Å². The first-order chi connectivity index (χ1) is 12.7. The summed E-state index contributed by atoms with van der Waals surface area (Å²) in [7, 11) is 0. The Morgan fingerprint density at radius 2 is 1.88 bits per heavy atom. The van der Waals surface area contributed by atoms with Crippen LogP contribution in [0.15, 0.2) is 47.1 Å². The summed E-state index contributed by atoms with van der Waals surface area (Å²) in [6, 6.07) is 12.1. The fourth-order valence-electron chi connectivity index (χ4n) is 2.81. The van der Waals surface area contributed by atoms with E-state index in [1.807, 2.05) is 12.1 Å².